The molecule has 0 fully saturated rings. The molecule has 1 N–H and O–H groups in total. The van der Waals surface area contributed by atoms with Crippen molar-refractivity contribution in [3.63, 3.8) is 0 Å². The summed E-state index contributed by atoms with van der Waals surface area (Å²) in [6, 6.07) is 9.71. The molecular formula is C13H14ClN3O. The quantitative estimate of drug-likeness (QED) is 0.860. The van der Waals surface area contributed by atoms with E-state index in [2.05, 4.69) is 15.3 Å². The predicted octanol–water partition coefficient (Wildman–Crippen LogP) is 3.33. The first kappa shape index (κ1) is 12.8. The number of benzene rings is 1. The molecule has 0 unspecified atom stereocenters. The summed E-state index contributed by atoms with van der Waals surface area (Å²) in [7, 11) is 1.59. The third-order valence-electron chi connectivity index (χ3n) is 2.34. The Kier molecular flexibility index (Phi) is 4.12. The fourth-order valence-electron chi connectivity index (χ4n) is 1.51. The van der Waals surface area contributed by atoms with Crippen LogP contribution in [0.25, 0.3) is 0 Å². The van der Waals surface area contributed by atoms with Crippen molar-refractivity contribution in [2.75, 3.05) is 12.4 Å². The Bertz CT molecular complexity index is 528. The zero-order chi connectivity index (χ0) is 13.0. The van der Waals surface area contributed by atoms with Crippen LogP contribution in [0.5, 0.6) is 0 Å². The highest BCUT2D eigenvalue weighted by Crippen LogP contribution is 2.18. The summed E-state index contributed by atoms with van der Waals surface area (Å²) in [6.45, 7) is 2.38. The Morgan fingerprint density at radius 1 is 1.22 bits per heavy atom. The molecule has 0 amide bonds. The number of nitrogens with one attached hydrogen (secondary N) is 1. The maximum absolute atomic E-state index is 5.93. The summed E-state index contributed by atoms with van der Waals surface area (Å²) in [4.78, 5) is 8.38. The first-order valence-corrected chi connectivity index (χ1v) is 5.91. The molecule has 5 heteroatoms. The van der Waals surface area contributed by atoms with Gasteiger partial charge in [0.2, 0.25) is 0 Å². The third-order valence-corrected chi connectivity index (χ3v) is 2.53. The second kappa shape index (κ2) is 5.80. The molecule has 0 saturated heterocycles. The van der Waals surface area contributed by atoms with Crippen molar-refractivity contribution in [1.29, 1.82) is 0 Å². The van der Waals surface area contributed by atoms with Gasteiger partial charge in [0.05, 0.1) is 0 Å². The molecule has 4 nitrogen and oxygen atoms in total. The number of anilines is 2. The maximum Gasteiger partial charge on any atom is 0.158 e. The number of hydrogen-bond donors (Lipinski definition) is 1. The van der Waals surface area contributed by atoms with Crippen molar-refractivity contribution < 1.29 is 4.74 Å². The molecule has 1 aromatic heterocycles. The molecule has 0 atom stereocenters. The lowest BCUT2D eigenvalue weighted by Crippen LogP contribution is -2.01. The molecule has 94 valence electrons. The molecule has 1 aromatic carbocycles. The van der Waals surface area contributed by atoms with Gasteiger partial charge in [-0.15, -0.1) is 0 Å². The first-order valence-electron chi connectivity index (χ1n) is 5.53. The fraction of sp³-hybridized carbons (Fsp3) is 0.231. The van der Waals surface area contributed by atoms with Crippen LogP contribution < -0.4 is 5.32 Å². The minimum atomic E-state index is 0.336. The van der Waals surface area contributed by atoms with Crippen molar-refractivity contribution in [3.05, 3.63) is 46.9 Å². The van der Waals surface area contributed by atoms with Crippen LogP contribution in [0.4, 0.5) is 11.5 Å². The lowest BCUT2D eigenvalue weighted by Gasteiger charge is -2.07. The van der Waals surface area contributed by atoms with Gasteiger partial charge in [0.25, 0.3) is 0 Å². The molecule has 18 heavy (non-hydrogen) atoms. The molecule has 1 heterocycles. The molecule has 2 rings (SSSR count). The molecule has 0 saturated carbocycles. The molecule has 0 aliphatic rings. The van der Waals surface area contributed by atoms with Gasteiger partial charge in [-0.3, -0.25) is 0 Å². The number of aromatic nitrogens is 2. The van der Waals surface area contributed by atoms with Crippen molar-refractivity contribution in [3.8, 4) is 0 Å². The SMILES string of the molecule is COCc1nc(Cl)cc(Nc2ccc(C)cc2)n1. The van der Waals surface area contributed by atoms with Crippen LogP contribution in [-0.4, -0.2) is 17.1 Å². The van der Waals surface area contributed by atoms with Gasteiger partial charge in [-0.2, -0.15) is 0 Å². The van der Waals surface area contributed by atoms with Gasteiger partial charge in [0.15, 0.2) is 5.82 Å². The van der Waals surface area contributed by atoms with Crippen LogP contribution in [0.3, 0.4) is 0 Å². The predicted molar refractivity (Wildman–Crippen MR) is 72.2 cm³/mol. The van der Waals surface area contributed by atoms with E-state index < -0.39 is 0 Å². The molecule has 0 radical (unpaired) electrons. The van der Waals surface area contributed by atoms with Gasteiger partial charge >= 0.3 is 0 Å². The minimum absolute atomic E-state index is 0.336. The van der Waals surface area contributed by atoms with Crippen LogP contribution >= 0.6 is 11.6 Å². The minimum Gasteiger partial charge on any atom is -0.377 e. The molecule has 0 spiro atoms. The number of halogens is 1. The number of hydrogen-bond acceptors (Lipinski definition) is 4. The van der Waals surface area contributed by atoms with E-state index in [0.29, 0.717) is 23.4 Å². The lowest BCUT2D eigenvalue weighted by atomic mass is 10.2. The van der Waals surface area contributed by atoms with E-state index in [0.717, 1.165) is 5.69 Å². The van der Waals surface area contributed by atoms with Crippen LogP contribution in [0.15, 0.2) is 30.3 Å². The molecule has 0 aliphatic heterocycles. The normalized spacial score (nSPS) is 10.4. The number of methoxy groups -OCH3 is 1. The number of aryl methyl sites for hydroxylation is 1. The largest absolute Gasteiger partial charge is 0.377 e. The van der Waals surface area contributed by atoms with Crippen molar-refractivity contribution in [1.82, 2.24) is 9.97 Å². The van der Waals surface area contributed by atoms with Gasteiger partial charge in [0.1, 0.15) is 17.6 Å². The van der Waals surface area contributed by atoms with Crippen LogP contribution in [-0.2, 0) is 11.3 Å². The summed E-state index contributed by atoms with van der Waals surface area (Å²) in [6.07, 6.45) is 0. The van der Waals surface area contributed by atoms with E-state index >= 15 is 0 Å². The average molecular weight is 264 g/mol. The lowest BCUT2D eigenvalue weighted by molar-refractivity contribution is 0.178. The summed E-state index contributed by atoms with van der Waals surface area (Å²) in [5.74, 6) is 1.21. The van der Waals surface area contributed by atoms with Gasteiger partial charge in [0, 0.05) is 18.9 Å². The second-order valence-electron chi connectivity index (χ2n) is 3.92. The zero-order valence-corrected chi connectivity index (χ0v) is 11.0. The van der Waals surface area contributed by atoms with Gasteiger partial charge < -0.3 is 10.1 Å². The Balaban J connectivity index is 2.20. The fourth-order valence-corrected chi connectivity index (χ4v) is 1.71. The Morgan fingerprint density at radius 3 is 2.61 bits per heavy atom. The zero-order valence-electron chi connectivity index (χ0n) is 10.3. The summed E-state index contributed by atoms with van der Waals surface area (Å²) in [5, 5.41) is 3.57. The molecule has 0 aliphatic carbocycles. The third kappa shape index (κ3) is 3.42. The highest BCUT2D eigenvalue weighted by Gasteiger charge is 2.03. The average Bonchev–Trinajstić information content (AvgIpc) is 2.32. The number of nitrogens with zero attached hydrogens (tertiary/aromatic N) is 2. The topological polar surface area (TPSA) is 47.0 Å². The Hall–Kier alpha value is -1.65. The van der Waals surface area contributed by atoms with E-state index in [4.69, 9.17) is 16.3 Å². The highest BCUT2D eigenvalue weighted by molar-refractivity contribution is 6.29. The van der Waals surface area contributed by atoms with Crippen LogP contribution in [0, 0.1) is 6.92 Å². The highest BCUT2D eigenvalue weighted by atomic mass is 35.5. The van der Waals surface area contributed by atoms with Crippen LogP contribution in [0.2, 0.25) is 5.15 Å². The van der Waals surface area contributed by atoms with Gasteiger partial charge in [-0.25, -0.2) is 9.97 Å². The van der Waals surface area contributed by atoms with Gasteiger partial charge in [-0.05, 0) is 19.1 Å². The molecule has 2 aromatic rings. The first-order chi connectivity index (χ1) is 8.67. The van der Waals surface area contributed by atoms with Crippen molar-refractivity contribution >= 4 is 23.1 Å². The van der Waals surface area contributed by atoms with E-state index in [-0.39, 0.29) is 0 Å². The molecule has 0 bridgehead atoms. The summed E-state index contributed by atoms with van der Waals surface area (Å²) < 4.78 is 4.99. The van der Waals surface area contributed by atoms with Crippen molar-refractivity contribution in [2.24, 2.45) is 0 Å². The molecular weight excluding hydrogens is 250 g/mol. The summed E-state index contributed by atoms with van der Waals surface area (Å²) >= 11 is 5.93. The van der Waals surface area contributed by atoms with E-state index in [1.165, 1.54) is 5.56 Å². The number of ether oxygens (including phenoxy) is 1. The van der Waals surface area contributed by atoms with E-state index in [1.54, 1.807) is 13.2 Å². The second-order valence-corrected chi connectivity index (χ2v) is 4.30. The van der Waals surface area contributed by atoms with Crippen molar-refractivity contribution in [2.45, 2.75) is 13.5 Å². The standard InChI is InChI=1S/C13H14ClN3O/c1-9-3-5-10(6-4-9)15-12-7-11(14)16-13(17-12)8-18-2/h3-7H,8H2,1-2H3,(H,15,16,17). The van der Waals surface area contributed by atoms with E-state index in [1.807, 2.05) is 31.2 Å². The maximum atomic E-state index is 5.93. The monoisotopic (exact) mass is 263 g/mol. The Morgan fingerprint density at radius 2 is 1.94 bits per heavy atom. The number of rotatable bonds is 4. The summed E-state index contributed by atoms with van der Waals surface area (Å²) in [5.41, 5.74) is 2.17. The Labute approximate surface area is 111 Å². The smallest absolute Gasteiger partial charge is 0.158 e. The van der Waals surface area contributed by atoms with E-state index in [9.17, 15) is 0 Å². The van der Waals surface area contributed by atoms with Crippen LogP contribution in [0.1, 0.15) is 11.4 Å². The van der Waals surface area contributed by atoms with Gasteiger partial charge in [-0.1, -0.05) is 29.3 Å².